The largest absolute Gasteiger partial charge is 0.391 e. The fraction of sp³-hybridized carbons (Fsp3) is 0.692. The van der Waals surface area contributed by atoms with Crippen LogP contribution in [0.25, 0.3) is 0 Å². The van der Waals surface area contributed by atoms with Crippen molar-refractivity contribution >= 4 is 11.6 Å². The predicted octanol–water partition coefficient (Wildman–Crippen LogP) is 0.410. The SMILES string of the molecule is CCNc1cncc(N2CC(O)CC2CN(C)C)n1. The molecule has 2 unspecified atom stereocenters. The quantitative estimate of drug-likeness (QED) is 0.804. The van der Waals surface area contributed by atoms with E-state index in [-0.39, 0.29) is 12.1 Å². The number of likely N-dealkylation sites (N-methyl/N-ethyl adjacent to an activating group) is 1. The molecule has 2 atom stereocenters. The normalized spacial score (nSPS) is 23.1. The third-order valence-corrected chi connectivity index (χ3v) is 3.24. The van der Waals surface area contributed by atoms with Crippen LogP contribution < -0.4 is 10.2 Å². The van der Waals surface area contributed by atoms with Crippen molar-refractivity contribution in [3.05, 3.63) is 12.4 Å². The second-order valence-corrected chi connectivity index (χ2v) is 5.25. The first-order chi connectivity index (χ1) is 9.10. The number of anilines is 2. The van der Waals surface area contributed by atoms with E-state index in [2.05, 4.69) is 25.1 Å². The molecule has 1 fully saturated rings. The van der Waals surface area contributed by atoms with Gasteiger partial charge in [0.25, 0.3) is 0 Å². The molecule has 0 aliphatic carbocycles. The van der Waals surface area contributed by atoms with Gasteiger partial charge in [-0.3, -0.25) is 4.98 Å². The van der Waals surface area contributed by atoms with Crippen molar-refractivity contribution in [3.63, 3.8) is 0 Å². The molecule has 0 aromatic carbocycles. The smallest absolute Gasteiger partial charge is 0.149 e. The molecule has 0 amide bonds. The van der Waals surface area contributed by atoms with Gasteiger partial charge in [0.2, 0.25) is 0 Å². The third-order valence-electron chi connectivity index (χ3n) is 3.24. The maximum absolute atomic E-state index is 9.89. The molecule has 1 saturated heterocycles. The zero-order chi connectivity index (χ0) is 13.8. The van der Waals surface area contributed by atoms with E-state index in [0.29, 0.717) is 6.54 Å². The van der Waals surface area contributed by atoms with E-state index >= 15 is 0 Å². The van der Waals surface area contributed by atoms with Crippen LogP contribution in [0.15, 0.2) is 12.4 Å². The summed E-state index contributed by atoms with van der Waals surface area (Å²) < 4.78 is 0. The minimum atomic E-state index is -0.283. The molecule has 0 bridgehead atoms. The van der Waals surface area contributed by atoms with E-state index in [1.807, 2.05) is 21.0 Å². The maximum Gasteiger partial charge on any atom is 0.149 e. The summed E-state index contributed by atoms with van der Waals surface area (Å²) in [6, 6.07) is 0.288. The number of rotatable bonds is 5. The van der Waals surface area contributed by atoms with Gasteiger partial charge in [-0.25, -0.2) is 4.98 Å². The second-order valence-electron chi connectivity index (χ2n) is 5.25. The molecular formula is C13H23N5O. The van der Waals surface area contributed by atoms with Crippen molar-refractivity contribution in [1.29, 1.82) is 0 Å². The molecule has 0 radical (unpaired) electrons. The van der Waals surface area contributed by atoms with Gasteiger partial charge in [-0.2, -0.15) is 0 Å². The lowest BCUT2D eigenvalue weighted by atomic mass is 10.2. The first-order valence-corrected chi connectivity index (χ1v) is 6.75. The van der Waals surface area contributed by atoms with Crippen LogP contribution in [0.3, 0.4) is 0 Å². The fourth-order valence-corrected chi connectivity index (χ4v) is 2.53. The molecule has 1 aromatic heterocycles. The summed E-state index contributed by atoms with van der Waals surface area (Å²) in [5.41, 5.74) is 0. The average molecular weight is 265 g/mol. The maximum atomic E-state index is 9.89. The Balaban J connectivity index is 2.16. The molecule has 1 aliphatic rings. The number of aliphatic hydroxyl groups is 1. The zero-order valence-electron chi connectivity index (χ0n) is 11.9. The molecule has 2 rings (SSSR count). The lowest BCUT2D eigenvalue weighted by molar-refractivity contribution is 0.191. The number of hydrogen-bond acceptors (Lipinski definition) is 6. The molecule has 2 heterocycles. The van der Waals surface area contributed by atoms with E-state index < -0.39 is 0 Å². The number of β-amino-alcohol motifs (C(OH)–C–C–N with tert-alkyl or cyclic N) is 1. The third kappa shape index (κ3) is 3.54. The molecule has 106 valence electrons. The van der Waals surface area contributed by atoms with Gasteiger partial charge >= 0.3 is 0 Å². The van der Waals surface area contributed by atoms with Crippen LogP contribution in [0.5, 0.6) is 0 Å². The van der Waals surface area contributed by atoms with Crippen LogP contribution in [0.1, 0.15) is 13.3 Å². The van der Waals surface area contributed by atoms with Crippen LogP contribution in [-0.4, -0.2) is 65.8 Å². The van der Waals surface area contributed by atoms with Gasteiger partial charge in [0.05, 0.1) is 18.5 Å². The van der Waals surface area contributed by atoms with Crippen molar-refractivity contribution in [3.8, 4) is 0 Å². The minimum absolute atomic E-state index is 0.283. The molecule has 0 spiro atoms. The zero-order valence-corrected chi connectivity index (χ0v) is 11.9. The van der Waals surface area contributed by atoms with Crippen molar-refractivity contribution in [2.24, 2.45) is 0 Å². The van der Waals surface area contributed by atoms with Gasteiger partial charge in [0, 0.05) is 25.7 Å². The summed E-state index contributed by atoms with van der Waals surface area (Å²) in [7, 11) is 4.09. The summed E-state index contributed by atoms with van der Waals surface area (Å²) in [6.07, 6.45) is 3.99. The van der Waals surface area contributed by atoms with Crippen LogP contribution in [-0.2, 0) is 0 Å². The Morgan fingerprint density at radius 3 is 2.95 bits per heavy atom. The first kappa shape index (κ1) is 14.0. The summed E-state index contributed by atoms with van der Waals surface area (Å²) in [4.78, 5) is 13.1. The molecule has 1 aliphatic heterocycles. The van der Waals surface area contributed by atoms with E-state index in [1.165, 1.54) is 0 Å². The molecule has 1 aromatic rings. The Bertz CT molecular complexity index is 412. The molecule has 19 heavy (non-hydrogen) atoms. The van der Waals surface area contributed by atoms with Gasteiger partial charge in [-0.1, -0.05) is 0 Å². The van der Waals surface area contributed by atoms with Crippen LogP contribution >= 0.6 is 0 Å². The second kappa shape index (κ2) is 6.16. The Kier molecular flexibility index (Phi) is 4.55. The Morgan fingerprint density at radius 1 is 1.47 bits per heavy atom. The first-order valence-electron chi connectivity index (χ1n) is 6.75. The number of nitrogens with zero attached hydrogens (tertiary/aromatic N) is 4. The molecular weight excluding hydrogens is 242 g/mol. The van der Waals surface area contributed by atoms with E-state index in [0.717, 1.165) is 31.1 Å². The lowest BCUT2D eigenvalue weighted by Crippen LogP contribution is -2.38. The standard InChI is InChI=1S/C13H23N5O/c1-4-15-12-6-14-7-13(16-12)18-9-11(19)5-10(18)8-17(2)3/h6-7,10-11,19H,4-5,8-9H2,1-3H3,(H,15,16). The van der Waals surface area contributed by atoms with E-state index in [4.69, 9.17) is 0 Å². The number of aromatic nitrogens is 2. The highest BCUT2D eigenvalue weighted by Crippen LogP contribution is 2.24. The van der Waals surface area contributed by atoms with Crippen LogP contribution in [0.4, 0.5) is 11.6 Å². The number of nitrogens with one attached hydrogen (secondary N) is 1. The highest BCUT2D eigenvalue weighted by Gasteiger charge is 2.32. The topological polar surface area (TPSA) is 64.5 Å². The van der Waals surface area contributed by atoms with Gasteiger partial charge in [0.1, 0.15) is 11.6 Å². The molecule has 0 saturated carbocycles. The molecule has 6 heteroatoms. The summed E-state index contributed by atoms with van der Waals surface area (Å²) in [5.74, 6) is 1.62. The van der Waals surface area contributed by atoms with Gasteiger partial charge in [-0.15, -0.1) is 0 Å². The predicted molar refractivity (Wildman–Crippen MR) is 76.5 cm³/mol. The average Bonchev–Trinajstić information content (AvgIpc) is 2.70. The van der Waals surface area contributed by atoms with Crippen LogP contribution in [0, 0.1) is 0 Å². The van der Waals surface area contributed by atoms with E-state index in [9.17, 15) is 5.11 Å². The summed E-state index contributed by atoms with van der Waals surface area (Å²) in [5, 5.41) is 13.1. The van der Waals surface area contributed by atoms with Gasteiger partial charge in [0.15, 0.2) is 0 Å². The van der Waals surface area contributed by atoms with Gasteiger partial charge < -0.3 is 20.2 Å². The van der Waals surface area contributed by atoms with Crippen LogP contribution in [0.2, 0.25) is 0 Å². The van der Waals surface area contributed by atoms with Gasteiger partial charge in [-0.05, 0) is 27.4 Å². The highest BCUT2D eigenvalue weighted by atomic mass is 16.3. The number of aliphatic hydroxyl groups excluding tert-OH is 1. The van der Waals surface area contributed by atoms with E-state index in [1.54, 1.807) is 12.4 Å². The summed E-state index contributed by atoms with van der Waals surface area (Å²) >= 11 is 0. The van der Waals surface area contributed by atoms with Crippen molar-refractivity contribution in [2.75, 3.05) is 43.9 Å². The van der Waals surface area contributed by atoms with Crippen molar-refractivity contribution < 1.29 is 5.11 Å². The summed E-state index contributed by atoms with van der Waals surface area (Å²) in [6.45, 7) is 4.39. The van der Waals surface area contributed by atoms with Crippen molar-refractivity contribution in [1.82, 2.24) is 14.9 Å². The Hall–Kier alpha value is -1.40. The van der Waals surface area contributed by atoms with Crippen molar-refractivity contribution in [2.45, 2.75) is 25.5 Å². The highest BCUT2D eigenvalue weighted by molar-refractivity contribution is 5.46. The Morgan fingerprint density at radius 2 is 2.26 bits per heavy atom. The number of hydrogen-bond donors (Lipinski definition) is 2. The Labute approximate surface area is 114 Å². The minimum Gasteiger partial charge on any atom is -0.391 e. The monoisotopic (exact) mass is 265 g/mol. The lowest BCUT2D eigenvalue weighted by Gasteiger charge is -2.27. The fourth-order valence-electron chi connectivity index (χ4n) is 2.53. The molecule has 2 N–H and O–H groups in total. The molecule has 6 nitrogen and oxygen atoms in total.